The molecule has 0 bridgehead atoms. The summed E-state index contributed by atoms with van der Waals surface area (Å²) in [5.74, 6) is -0.157. The van der Waals surface area contributed by atoms with E-state index in [0.29, 0.717) is 14.8 Å². The average Bonchev–Trinajstić information content (AvgIpc) is 2.50. The summed E-state index contributed by atoms with van der Waals surface area (Å²) >= 11 is 2.01. The topological polar surface area (TPSA) is 62.2 Å². The normalized spacial score (nSPS) is 10.5. The number of rotatable bonds is 2. The molecule has 0 atom stereocenters. The maximum Gasteiger partial charge on any atom is 0.255 e. The number of halogens is 1. The monoisotopic (exact) mass is 390 g/mol. The summed E-state index contributed by atoms with van der Waals surface area (Å²) < 4.78 is 0.709. The number of hydrogen-bond acceptors (Lipinski definition) is 3. The predicted molar refractivity (Wildman–Crippen MR) is 90.5 cm³/mol. The Morgan fingerprint density at radius 3 is 2.81 bits per heavy atom. The minimum atomic E-state index is -0.259. The summed E-state index contributed by atoms with van der Waals surface area (Å²) in [6, 6.07) is 14.2. The zero-order chi connectivity index (χ0) is 14.8. The number of amides is 1. The van der Waals surface area contributed by atoms with Gasteiger partial charge in [-0.25, -0.2) is 0 Å². The van der Waals surface area contributed by atoms with Gasteiger partial charge in [-0.05, 0) is 65.1 Å². The summed E-state index contributed by atoms with van der Waals surface area (Å²) in [7, 11) is 0. The number of pyridine rings is 1. The van der Waals surface area contributed by atoms with E-state index in [9.17, 15) is 9.90 Å². The Morgan fingerprint density at radius 2 is 2.00 bits per heavy atom. The molecule has 0 fully saturated rings. The summed E-state index contributed by atoms with van der Waals surface area (Å²) in [4.78, 5) is 16.4. The Labute approximate surface area is 135 Å². The van der Waals surface area contributed by atoms with Gasteiger partial charge in [0.1, 0.15) is 5.75 Å². The number of phenols is 1. The van der Waals surface area contributed by atoms with E-state index in [-0.39, 0.29) is 11.7 Å². The minimum Gasteiger partial charge on any atom is -0.507 e. The van der Waals surface area contributed by atoms with Crippen molar-refractivity contribution in [3.8, 4) is 5.75 Å². The molecule has 1 heterocycles. The van der Waals surface area contributed by atoms with Gasteiger partial charge in [0.15, 0.2) is 0 Å². The predicted octanol–water partition coefficient (Wildman–Crippen LogP) is 3.80. The van der Waals surface area contributed by atoms with Crippen molar-refractivity contribution in [1.29, 1.82) is 0 Å². The maximum absolute atomic E-state index is 12.2. The van der Waals surface area contributed by atoms with Gasteiger partial charge < -0.3 is 10.4 Å². The van der Waals surface area contributed by atoms with E-state index in [1.54, 1.807) is 24.4 Å². The second-order valence-electron chi connectivity index (χ2n) is 4.53. The van der Waals surface area contributed by atoms with Crippen molar-refractivity contribution >= 4 is 45.1 Å². The van der Waals surface area contributed by atoms with Crippen molar-refractivity contribution in [2.45, 2.75) is 0 Å². The highest BCUT2D eigenvalue weighted by molar-refractivity contribution is 14.1. The van der Waals surface area contributed by atoms with Crippen LogP contribution in [0.4, 0.5) is 5.69 Å². The number of phenolic OH excluding ortho intramolecular Hbond substituents is 1. The molecule has 21 heavy (non-hydrogen) atoms. The fraction of sp³-hybridized carbons (Fsp3) is 0. The van der Waals surface area contributed by atoms with Crippen molar-refractivity contribution in [2.24, 2.45) is 0 Å². The largest absolute Gasteiger partial charge is 0.507 e. The van der Waals surface area contributed by atoms with E-state index in [1.807, 2.05) is 46.9 Å². The molecule has 4 nitrogen and oxygen atoms in total. The minimum absolute atomic E-state index is 0.103. The first-order valence-corrected chi connectivity index (χ1v) is 7.36. The second-order valence-corrected chi connectivity index (χ2v) is 5.69. The van der Waals surface area contributed by atoms with E-state index in [1.165, 1.54) is 6.07 Å². The number of fused-ring (bicyclic) bond motifs is 1. The van der Waals surface area contributed by atoms with E-state index in [2.05, 4.69) is 10.3 Å². The van der Waals surface area contributed by atoms with Gasteiger partial charge in [-0.3, -0.25) is 9.78 Å². The second kappa shape index (κ2) is 5.69. The third-order valence-corrected chi connectivity index (χ3v) is 3.98. The summed E-state index contributed by atoms with van der Waals surface area (Å²) in [6.07, 6.45) is 1.73. The Kier molecular flexibility index (Phi) is 3.74. The smallest absolute Gasteiger partial charge is 0.255 e. The highest BCUT2D eigenvalue weighted by Gasteiger charge is 2.09. The Hall–Kier alpha value is -2.15. The van der Waals surface area contributed by atoms with Crippen LogP contribution < -0.4 is 5.32 Å². The number of aromatic nitrogens is 1. The van der Waals surface area contributed by atoms with E-state index in [0.717, 1.165) is 10.9 Å². The van der Waals surface area contributed by atoms with Crippen LogP contribution in [0.5, 0.6) is 5.75 Å². The van der Waals surface area contributed by atoms with E-state index >= 15 is 0 Å². The molecule has 0 radical (unpaired) electrons. The van der Waals surface area contributed by atoms with Crippen LogP contribution in [0.1, 0.15) is 10.4 Å². The lowest BCUT2D eigenvalue weighted by Gasteiger charge is -2.07. The zero-order valence-electron chi connectivity index (χ0n) is 10.9. The molecule has 0 aliphatic carbocycles. The fourth-order valence-corrected chi connectivity index (χ4v) is 2.35. The van der Waals surface area contributed by atoms with Gasteiger partial charge in [0.05, 0.1) is 9.09 Å². The molecule has 0 saturated heterocycles. The maximum atomic E-state index is 12.2. The molecule has 2 N–H and O–H groups in total. The van der Waals surface area contributed by atoms with E-state index < -0.39 is 0 Å². The zero-order valence-corrected chi connectivity index (χ0v) is 13.0. The molecule has 0 saturated carbocycles. The Balaban J connectivity index is 1.87. The van der Waals surface area contributed by atoms with Gasteiger partial charge >= 0.3 is 0 Å². The summed E-state index contributed by atoms with van der Waals surface area (Å²) in [5.41, 5.74) is 1.99. The van der Waals surface area contributed by atoms with Crippen LogP contribution in [0.3, 0.4) is 0 Å². The molecule has 3 rings (SSSR count). The molecular formula is C16H11IN2O2. The molecule has 5 heteroatoms. The highest BCUT2D eigenvalue weighted by atomic mass is 127. The van der Waals surface area contributed by atoms with Crippen LogP contribution >= 0.6 is 22.6 Å². The van der Waals surface area contributed by atoms with E-state index in [4.69, 9.17) is 0 Å². The van der Waals surface area contributed by atoms with Crippen LogP contribution in [0.2, 0.25) is 0 Å². The molecule has 0 aliphatic heterocycles. The van der Waals surface area contributed by atoms with Crippen LogP contribution in [0.15, 0.2) is 54.7 Å². The lowest BCUT2D eigenvalue weighted by Crippen LogP contribution is -2.11. The van der Waals surface area contributed by atoms with Gasteiger partial charge in [0.25, 0.3) is 5.91 Å². The van der Waals surface area contributed by atoms with Gasteiger partial charge in [-0.2, -0.15) is 0 Å². The van der Waals surface area contributed by atoms with Crippen LogP contribution in [-0.2, 0) is 0 Å². The number of aromatic hydroxyl groups is 1. The molecular weight excluding hydrogens is 379 g/mol. The number of nitrogens with one attached hydrogen (secondary N) is 1. The standard InChI is InChI=1S/C16H11IN2O2/c17-13-5-3-11(9-15(13)20)16(21)19-12-4-6-14-10(8-12)2-1-7-18-14/h1-9,20H,(H,19,21). The van der Waals surface area contributed by atoms with Crippen LogP contribution in [0, 0.1) is 3.57 Å². The highest BCUT2D eigenvalue weighted by Crippen LogP contribution is 2.22. The number of carbonyl (C=O) groups excluding carboxylic acids is 1. The van der Waals surface area contributed by atoms with Gasteiger partial charge in [-0.1, -0.05) is 6.07 Å². The third-order valence-electron chi connectivity index (χ3n) is 3.07. The Morgan fingerprint density at radius 1 is 1.14 bits per heavy atom. The molecule has 104 valence electrons. The quantitative estimate of drug-likeness (QED) is 0.655. The van der Waals surface area contributed by atoms with Gasteiger partial charge in [0, 0.05) is 22.8 Å². The van der Waals surface area contributed by atoms with Crippen molar-refractivity contribution in [2.75, 3.05) is 5.32 Å². The molecule has 0 spiro atoms. The fourth-order valence-electron chi connectivity index (χ4n) is 2.01. The Bertz CT molecular complexity index is 833. The first-order valence-electron chi connectivity index (χ1n) is 6.28. The average molecular weight is 390 g/mol. The third kappa shape index (κ3) is 2.97. The molecule has 0 aliphatic rings. The molecule has 1 amide bonds. The van der Waals surface area contributed by atoms with Crippen molar-refractivity contribution in [3.05, 3.63) is 63.9 Å². The van der Waals surface area contributed by atoms with Crippen LogP contribution in [-0.4, -0.2) is 16.0 Å². The SMILES string of the molecule is O=C(Nc1ccc2ncccc2c1)c1ccc(I)c(O)c1. The summed E-state index contributed by atoms with van der Waals surface area (Å²) in [5, 5.41) is 13.4. The first kappa shape index (κ1) is 13.8. The van der Waals surface area contributed by atoms with Crippen molar-refractivity contribution < 1.29 is 9.90 Å². The number of hydrogen-bond donors (Lipinski definition) is 2. The number of nitrogens with zero attached hydrogens (tertiary/aromatic N) is 1. The number of carbonyl (C=O) groups is 1. The van der Waals surface area contributed by atoms with Crippen molar-refractivity contribution in [3.63, 3.8) is 0 Å². The van der Waals surface area contributed by atoms with Crippen molar-refractivity contribution in [1.82, 2.24) is 4.98 Å². The van der Waals surface area contributed by atoms with Gasteiger partial charge in [0.2, 0.25) is 0 Å². The lowest BCUT2D eigenvalue weighted by molar-refractivity contribution is 0.102. The molecule has 0 unspecified atom stereocenters. The lowest BCUT2D eigenvalue weighted by atomic mass is 10.1. The van der Waals surface area contributed by atoms with Crippen LogP contribution in [0.25, 0.3) is 10.9 Å². The summed E-state index contributed by atoms with van der Waals surface area (Å²) in [6.45, 7) is 0. The van der Waals surface area contributed by atoms with Gasteiger partial charge in [-0.15, -0.1) is 0 Å². The molecule has 3 aromatic rings. The first-order chi connectivity index (χ1) is 10.1. The number of benzene rings is 2. The molecule has 1 aromatic heterocycles. The molecule has 2 aromatic carbocycles. The number of anilines is 1.